The molecule has 2 amide bonds. The maximum Gasteiger partial charge on any atom is 0.239 e. The molecule has 0 aliphatic carbocycles. The molecule has 0 spiro atoms. The first-order valence-electron chi connectivity index (χ1n) is 7.87. The van der Waals surface area contributed by atoms with Crippen molar-refractivity contribution in [3.63, 3.8) is 0 Å². The molecule has 0 aliphatic heterocycles. The normalized spacial score (nSPS) is 11.6. The number of amides is 2. The van der Waals surface area contributed by atoms with Gasteiger partial charge < -0.3 is 11.1 Å². The lowest BCUT2D eigenvalue weighted by Crippen LogP contribution is -2.44. The number of benzene rings is 1. The van der Waals surface area contributed by atoms with Gasteiger partial charge in [-0.1, -0.05) is 55.7 Å². The van der Waals surface area contributed by atoms with Gasteiger partial charge in [-0.2, -0.15) is 0 Å². The SMILES string of the molecule is C=CCCCCCC[C@H](NC(=O)Cc1ccccc1)C(N)=O. The highest BCUT2D eigenvalue weighted by atomic mass is 16.2. The van der Waals surface area contributed by atoms with E-state index in [0.717, 1.165) is 37.7 Å². The highest BCUT2D eigenvalue weighted by Crippen LogP contribution is 2.08. The molecule has 3 N–H and O–H groups in total. The van der Waals surface area contributed by atoms with Gasteiger partial charge in [0.05, 0.1) is 6.42 Å². The van der Waals surface area contributed by atoms with E-state index in [1.54, 1.807) is 0 Å². The molecule has 0 aliphatic rings. The average Bonchev–Trinajstić information content (AvgIpc) is 2.50. The molecule has 1 aromatic carbocycles. The summed E-state index contributed by atoms with van der Waals surface area (Å²) in [5, 5.41) is 2.74. The first-order chi connectivity index (χ1) is 10.6. The van der Waals surface area contributed by atoms with Gasteiger partial charge in [-0.25, -0.2) is 0 Å². The molecule has 22 heavy (non-hydrogen) atoms. The number of hydrogen-bond donors (Lipinski definition) is 2. The molecule has 0 bridgehead atoms. The van der Waals surface area contributed by atoms with E-state index < -0.39 is 11.9 Å². The maximum absolute atomic E-state index is 12.0. The van der Waals surface area contributed by atoms with Crippen LogP contribution in [0.1, 0.15) is 44.1 Å². The summed E-state index contributed by atoms with van der Waals surface area (Å²) in [5.41, 5.74) is 6.30. The number of nitrogens with two attached hydrogens (primary N) is 1. The van der Waals surface area contributed by atoms with Crippen LogP contribution >= 0.6 is 0 Å². The lowest BCUT2D eigenvalue weighted by Gasteiger charge is -2.15. The number of allylic oxidation sites excluding steroid dienone is 1. The van der Waals surface area contributed by atoms with Crippen molar-refractivity contribution in [1.29, 1.82) is 0 Å². The summed E-state index contributed by atoms with van der Waals surface area (Å²) in [6.07, 6.45) is 7.94. The smallest absolute Gasteiger partial charge is 0.239 e. The Kier molecular flexibility index (Phi) is 8.65. The largest absolute Gasteiger partial charge is 0.368 e. The van der Waals surface area contributed by atoms with Gasteiger partial charge in [0.25, 0.3) is 0 Å². The number of carbonyl (C=O) groups excluding carboxylic acids is 2. The minimum atomic E-state index is -0.574. The van der Waals surface area contributed by atoms with Crippen LogP contribution in [0, 0.1) is 0 Å². The number of hydrogen-bond acceptors (Lipinski definition) is 2. The van der Waals surface area contributed by atoms with E-state index in [1.807, 2.05) is 36.4 Å². The summed E-state index contributed by atoms with van der Waals surface area (Å²) in [6, 6.07) is 8.88. The standard InChI is InChI=1S/C18H26N2O2/c1-2-3-4-5-6-10-13-16(18(19)22)20-17(21)14-15-11-8-7-9-12-15/h2,7-9,11-12,16H,1,3-6,10,13-14H2,(H2,19,22)(H,20,21)/t16-/m0/s1. The third-order valence-electron chi connectivity index (χ3n) is 3.54. The fourth-order valence-corrected chi connectivity index (χ4v) is 2.30. The molecule has 0 radical (unpaired) electrons. The highest BCUT2D eigenvalue weighted by molar-refractivity contribution is 5.87. The molecule has 0 heterocycles. The van der Waals surface area contributed by atoms with Crippen LogP contribution in [0.4, 0.5) is 0 Å². The van der Waals surface area contributed by atoms with Crippen molar-refractivity contribution in [2.24, 2.45) is 5.73 Å². The van der Waals surface area contributed by atoms with E-state index in [0.29, 0.717) is 6.42 Å². The Morgan fingerprint density at radius 3 is 2.45 bits per heavy atom. The zero-order valence-corrected chi connectivity index (χ0v) is 13.1. The lowest BCUT2D eigenvalue weighted by atomic mass is 10.0. The molecule has 4 nitrogen and oxygen atoms in total. The summed E-state index contributed by atoms with van der Waals surface area (Å²) in [5.74, 6) is -0.630. The lowest BCUT2D eigenvalue weighted by molar-refractivity contribution is -0.127. The summed E-state index contributed by atoms with van der Waals surface area (Å²) in [4.78, 5) is 23.4. The molecule has 0 fully saturated rings. The van der Waals surface area contributed by atoms with Crippen molar-refractivity contribution in [2.75, 3.05) is 0 Å². The van der Waals surface area contributed by atoms with Crippen molar-refractivity contribution in [1.82, 2.24) is 5.32 Å². The van der Waals surface area contributed by atoms with Crippen LogP contribution in [0.2, 0.25) is 0 Å². The first kappa shape index (κ1) is 18.0. The van der Waals surface area contributed by atoms with Crippen LogP contribution in [-0.2, 0) is 16.0 Å². The highest BCUT2D eigenvalue weighted by Gasteiger charge is 2.17. The van der Waals surface area contributed by atoms with Gasteiger partial charge in [-0.15, -0.1) is 6.58 Å². The minimum absolute atomic E-state index is 0.165. The van der Waals surface area contributed by atoms with Crippen LogP contribution in [0.3, 0.4) is 0 Å². The zero-order valence-electron chi connectivity index (χ0n) is 13.1. The maximum atomic E-state index is 12.0. The molecule has 0 unspecified atom stereocenters. The fraction of sp³-hybridized carbons (Fsp3) is 0.444. The monoisotopic (exact) mass is 302 g/mol. The van der Waals surface area contributed by atoms with Gasteiger partial charge in [0, 0.05) is 0 Å². The van der Waals surface area contributed by atoms with E-state index in [-0.39, 0.29) is 12.3 Å². The van der Waals surface area contributed by atoms with Crippen LogP contribution in [0.15, 0.2) is 43.0 Å². The van der Waals surface area contributed by atoms with Crippen molar-refractivity contribution in [3.05, 3.63) is 48.6 Å². The fourth-order valence-electron chi connectivity index (χ4n) is 2.30. The van der Waals surface area contributed by atoms with Gasteiger partial charge in [0.2, 0.25) is 11.8 Å². The molecule has 0 aromatic heterocycles. The van der Waals surface area contributed by atoms with Crippen LogP contribution in [0.5, 0.6) is 0 Å². The number of primary amides is 1. The van der Waals surface area contributed by atoms with E-state index in [9.17, 15) is 9.59 Å². The number of nitrogens with one attached hydrogen (secondary N) is 1. The van der Waals surface area contributed by atoms with E-state index in [1.165, 1.54) is 0 Å². The van der Waals surface area contributed by atoms with Crippen LogP contribution in [0.25, 0.3) is 0 Å². The molecule has 1 atom stereocenters. The first-order valence-corrected chi connectivity index (χ1v) is 7.87. The Morgan fingerprint density at radius 2 is 1.82 bits per heavy atom. The minimum Gasteiger partial charge on any atom is -0.368 e. The van der Waals surface area contributed by atoms with Crippen molar-refractivity contribution in [3.8, 4) is 0 Å². The molecule has 1 rings (SSSR count). The van der Waals surface area contributed by atoms with Gasteiger partial charge in [-0.05, 0) is 24.8 Å². The summed E-state index contributed by atoms with van der Waals surface area (Å²) in [7, 11) is 0. The molecular formula is C18H26N2O2. The molecule has 120 valence electrons. The van der Waals surface area contributed by atoms with E-state index >= 15 is 0 Å². The molecule has 0 saturated carbocycles. The second kappa shape index (κ2) is 10.6. The quantitative estimate of drug-likeness (QED) is 0.487. The Hall–Kier alpha value is -2.10. The Balaban J connectivity index is 2.32. The Labute approximate surface area is 132 Å². The predicted octanol–water partition coefficient (Wildman–Crippen LogP) is 2.73. The Bertz CT molecular complexity index is 471. The summed E-state index contributed by atoms with van der Waals surface area (Å²) >= 11 is 0. The predicted molar refractivity (Wildman–Crippen MR) is 89.2 cm³/mol. The summed E-state index contributed by atoms with van der Waals surface area (Å²) in [6.45, 7) is 3.69. The van der Waals surface area contributed by atoms with Crippen molar-refractivity contribution < 1.29 is 9.59 Å². The topological polar surface area (TPSA) is 72.2 Å². The van der Waals surface area contributed by atoms with Crippen LogP contribution in [-0.4, -0.2) is 17.9 Å². The van der Waals surface area contributed by atoms with Gasteiger partial charge >= 0.3 is 0 Å². The van der Waals surface area contributed by atoms with Gasteiger partial charge in [0.1, 0.15) is 6.04 Å². The van der Waals surface area contributed by atoms with E-state index in [4.69, 9.17) is 5.73 Å². The molecule has 4 heteroatoms. The average molecular weight is 302 g/mol. The van der Waals surface area contributed by atoms with Crippen molar-refractivity contribution >= 4 is 11.8 Å². The number of carbonyl (C=O) groups is 2. The second-order valence-electron chi connectivity index (χ2n) is 5.47. The zero-order chi connectivity index (χ0) is 16.2. The van der Waals surface area contributed by atoms with Gasteiger partial charge in [-0.3, -0.25) is 9.59 Å². The molecule has 1 aromatic rings. The van der Waals surface area contributed by atoms with Gasteiger partial charge in [0.15, 0.2) is 0 Å². The van der Waals surface area contributed by atoms with Crippen molar-refractivity contribution in [2.45, 2.75) is 51.0 Å². The van der Waals surface area contributed by atoms with E-state index in [2.05, 4.69) is 11.9 Å². The molecule has 0 saturated heterocycles. The summed E-state index contributed by atoms with van der Waals surface area (Å²) < 4.78 is 0. The third-order valence-corrected chi connectivity index (χ3v) is 3.54. The number of unbranched alkanes of at least 4 members (excludes halogenated alkanes) is 4. The van der Waals surface area contributed by atoms with Crippen LogP contribution < -0.4 is 11.1 Å². The Morgan fingerprint density at radius 1 is 1.14 bits per heavy atom. The molecular weight excluding hydrogens is 276 g/mol. The second-order valence-corrected chi connectivity index (χ2v) is 5.47. The third kappa shape index (κ3) is 7.62. The number of rotatable bonds is 11.